The van der Waals surface area contributed by atoms with Crippen LogP contribution in [0.5, 0.6) is 0 Å². The Morgan fingerprint density at radius 2 is 1.85 bits per heavy atom. The maximum Gasteiger partial charge on any atom is 0.270 e. The topological polar surface area (TPSA) is 66.9 Å². The van der Waals surface area contributed by atoms with Crippen molar-refractivity contribution >= 4 is 29.6 Å². The van der Waals surface area contributed by atoms with E-state index in [-0.39, 0.29) is 5.69 Å². The van der Waals surface area contributed by atoms with Gasteiger partial charge >= 0.3 is 0 Å². The van der Waals surface area contributed by atoms with E-state index >= 15 is 0 Å². The lowest BCUT2D eigenvalue weighted by Gasteiger charge is -2.05. The van der Waals surface area contributed by atoms with Crippen LogP contribution in [0.1, 0.15) is 16.7 Å². The van der Waals surface area contributed by atoms with Gasteiger partial charge in [-0.05, 0) is 29.3 Å². The highest BCUT2D eigenvalue weighted by Gasteiger charge is 2.14. The molecule has 0 atom stereocenters. The molecule has 0 radical (unpaired) electrons. The van der Waals surface area contributed by atoms with Gasteiger partial charge in [0.25, 0.3) is 5.69 Å². The van der Waals surface area contributed by atoms with Gasteiger partial charge in [0.05, 0.1) is 16.6 Å². The number of benzene rings is 2. The molecule has 0 aromatic heterocycles. The van der Waals surface area contributed by atoms with Gasteiger partial charge in [-0.3, -0.25) is 10.1 Å². The van der Waals surface area contributed by atoms with Gasteiger partial charge in [0.1, 0.15) is 0 Å². The summed E-state index contributed by atoms with van der Waals surface area (Å²) in [4.78, 5) is 12.3. The molecule has 3 rings (SSSR count). The number of fused-ring (bicyclic) bond motifs is 2. The number of non-ortho nitro benzene ring substituents is 1. The van der Waals surface area contributed by atoms with Crippen LogP contribution in [-0.2, 0) is 0 Å². The molecular weight excluding hydrogens is 272 g/mol. The minimum Gasteiger partial charge on any atom is -0.258 e. The van der Waals surface area contributed by atoms with Gasteiger partial charge in [0, 0.05) is 21.9 Å². The first-order chi connectivity index (χ1) is 9.67. The second-order valence-corrected chi connectivity index (χ2v) is 5.36. The molecule has 1 aliphatic rings. The number of nitrogens with zero attached hydrogens (tertiary/aromatic N) is 2. The number of nitriles is 1. The van der Waals surface area contributed by atoms with Gasteiger partial charge in [-0.15, -0.1) is 0 Å². The smallest absolute Gasteiger partial charge is 0.258 e. The molecule has 2 aromatic carbocycles. The SMILES string of the molecule is N#Cc1ccc2c(c1)Sc1ccc([N+](=O)[O-])cc1C=C2. The number of hydrogen-bond acceptors (Lipinski definition) is 4. The lowest BCUT2D eigenvalue weighted by molar-refractivity contribution is -0.384. The highest BCUT2D eigenvalue weighted by molar-refractivity contribution is 7.99. The van der Waals surface area contributed by atoms with Crippen LogP contribution in [0.25, 0.3) is 12.2 Å². The van der Waals surface area contributed by atoms with Gasteiger partial charge in [-0.1, -0.05) is 30.0 Å². The molecule has 96 valence electrons. The van der Waals surface area contributed by atoms with Crippen molar-refractivity contribution in [1.82, 2.24) is 0 Å². The largest absolute Gasteiger partial charge is 0.270 e. The average Bonchev–Trinajstić information content (AvgIpc) is 2.64. The highest BCUT2D eigenvalue weighted by Crippen LogP contribution is 2.38. The Hall–Kier alpha value is -2.58. The lowest BCUT2D eigenvalue weighted by Crippen LogP contribution is -1.89. The van der Waals surface area contributed by atoms with Crippen LogP contribution in [0.15, 0.2) is 46.2 Å². The van der Waals surface area contributed by atoms with Gasteiger partial charge in [0.2, 0.25) is 0 Å². The number of hydrogen-bond donors (Lipinski definition) is 0. The second-order valence-electron chi connectivity index (χ2n) is 4.28. The number of nitro benzene ring substituents is 1. The monoisotopic (exact) mass is 280 g/mol. The summed E-state index contributed by atoms with van der Waals surface area (Å²) in [6, 6.07) is 12.4. The van der Waals surface area contributed by atoms with E-state index in [1.54, 1.807) is 18.2 Å². The molecule has 1 aliphatic heterocycles. The number of nitro groups is 1. The predicted molar refractivity (Wildman–Crippen MR) is 77.3 cm³/mol. The first-order valence-corrected chi connectivity index (χ1v) is 6.67. The van der Waals surface area contributed by atoms with Crippen molar-refractivity contribution in [1.29, 1.82) is 5.26 Å². The molecule has 0 bridgehead atoms. The van der Waals surface area contributed by atoms with E-state index in [0.29, 0.717) is 5.56 Å². The van der Waals surface area contributed by atoms with E-state index in [2.05, 4.69) is 6.07 Å². The summed E-state index contributed by atoms with van der Waals surface area (Å²) in [5.74, 6) is 0. The average molecular weight is 280 g/mol. The molecule has 5 heteroatoms. The Kier molecular flexibility index (Phi) is 3.01. The van der Waals surface area contributed by atoms with E-state index in [0.717, 1.165) is 20.9 Å². The lowest BCUT2D eigenvalue weighted by atomic mass is 10.1. The fourth-order valence-electron chi connectivity index (χ4n) is 2.00. The Bertz CT molecular complexity index is 791. The van der Waals surface area contributed by atoms with Crippen LogP contribution in [0.2, 0.25) is 0 Å². The quantitative estimate of drug-likeness (QED) is 0.497. The van der Waals surface area contributed by atoms with Crippen LogP contribution in [0.4, 0.5) is 5.69 Å². The molecule has 0 fully saturated rings. The molecular formula is C15H8N2O2S. The van der Waals surface area contributed by atoms with Crippen molar-refractivity contribution in [3.05, 3.63) is 63.2 Å². The number of rotatable bonds is 1. The molecule has 0 unspecified atom stereocenters. The fourth-order valence-corrected chi connectivity index (χ4v) is 3.06. The van der Waals surface area contributed by atoms with E-state index in [4.69, 9.17) is 5.26 Å². The molecule has 0 spiro atoms. The Balaban J connectivity index is 2.10. The van der Waals surface area contributed by atoms with Crippen LogP contribution in [-0.4, -0.2) is 4.92 Å². The maximum atomic E-state index is 10.8. The third-order valence-electron chi connectivity index (χ3n) is 3.01. The summed E-state index contributed by atoms with van der Waals surface area (Å²) >= 11 is 1.52. The zero-order valence-electron chi connectivity index (χ0n) is 10.2. The summed E-state index contributed by atoms with van der Waals surface area (Å²) in [6.45, 7) is 0. The van der Waals surface area contributed by atoms with E-state index < -0.39 is 4.92 Å². The van der Waals surface area contributed by atoms with Crippen LogP contribution < -0.4 is 0 Å². The molecule has 0 saturated heterocycles. The van der Waals surface area contributed by atoms with Gasteiger partial charge in [-0.2, -0.15) is 5.26 Å². The fraction of sp³-hybridized carbons (Fsp3) is 0. The van der Waals surface area contributed by atoms with Crippen molar-refractivity contribution in [2.75, 3.05) is 0 Å². The minimum absolute atomic E-state index is 0.0812. The molecule has 0 saturated carbocycles. The Morgan fingerprint density at radius 3 is 2.60 bits per heavy atom. The van der Waals surface area contributed by atoms with Crippen molar-refractivity contribution in [3.63, 3.8) is 0 Å². The van der Waals surface area contributed by atoms with E-state index in [1.807, 2.05) is 24.3 Å². The third-order valence-corrected chi connectivity index (χ3v) is 4.17. The summed E-state index contributed by atoms with van der Waals surface area (Å²) in [6.07, 6.45) is 3.78. The molecule has 1 heterocycles. The Morgan fingerprint density at radius 1 is 1.05 bits per heavy atom. The summed E-state index contributed by atoms with van der Waals surface area (Å²) in [5.41, 5.74) is 2.51. The standard InChI is InChI=1S/C15H8N2O2S/c16-9-10-1-2-11-3-4-12-8-13(17(18)19)5-6-14(12)20-15(11)7-10/h1-8H. The van der Waals surface area contributed by atoms with Crippen molar-refractivity contribution in [2.45, 2.75) is 9.79 Å². The highest BCUT2D eigenvalue weighted by atomic mass is 32.2. The Labute approximate surface area is 119 Å². The molecule has 0 N–H and O–H groups in total. The zero-order valence-corrected chi connectivity index (χ0v) is 11.1. The zero-order chi connectivity index (χ0) is 14.1. The van der Waals surface area contributed by atoms with Gasteiger partial charge in [-0.25, -0.2) is 0 Å². The van der Waals surface area contributed by atoms with Gasteiger partial charge in [0.15, 0.2) is 0 Å². The normalized spacial score (nSPS) is 11.9. The second kappa shape index (κ2) is 4.83. The summed E-state index contributed by atoms with van der Waals surface area (Å²) in [5, 5.41) is 19.8. The van der Waals surface area contributed by atoms with Crippen molar-refractivity contribution < 1.29 is 4.92 Å². The van der Waals surface area contributed by atoms with Crippen LogP contribution >= 0.6 is 11.8 Å². The van der Waals surface area contributed by atoms with E-state index in [1.165, 1.54) is 17.8 Å². The third kappa shape index (κ3) is 2.17. The maximum absolute atomic E-state index is 10.8. The molecule has 20 heavy (non-hydrogen) atoms. The first-order valence-electron chi connectivity index (χ1n) is 5.86. The molecule has 0 amide bonds. The molecule has 0 aliphatic carbocycles. The van der Waals surface area contributed by atoms with Gasteiger partial charge < -0.3 is 0 Å². The summed E-state index contributed by atoms with van der Waals surface area (Å²) in [7, 11) is 0. The van der Waals surface area contributed by atoms with Crippen LogP contribution in [0, 0.1) is 21.4 Å². The van der Waals surface area contributed by atoms with Crippen molar-refractivity contribution in [3.8, 4) is 6.07 Å². The first kappa shape index (κ1) is 12.5. The molecule has 4 nitrogen and oxygen atoms in total. The minimum atomic E-state index is -0.398. The molecule has 2 aromatic rings. The predicted octanol–water partition coefficient (Wildman–Crippen LogP) is 4.10. The summed E-state index contributed by atoms with van der Waals surface area (Å²) < 4.78 is 0. The van der Waals surface area contributed by atoms with E-state index in [9.17, 15) is 10.1 Å². The van der Waals surface area contributed by atoms with Crippen molar-refractivity contribution in [2.24, 2.45) is 0 Å². The van der Waals surface area contributed by atoms with Crippen LogP contribution in [0.3, 0.4) is 0 Å².